The van der Waals surface area contributed by atoms with Crippen LogP contribution < -0.4 is 5.32 Å². The Bertz CT molecular complexity index is 727. The Balaban J connectivity index is 2.14. The van der Waals surface area contributed by atoms with Gasteiger partial charge in [0.25, 0.3) is 0 Å². The number of hydrogen-bond acceptors (Lipinski definition) is 2. The number of fused-ring (bicyclic) bond motifs is 1. The van der Waals surface area contributed by atoms with Crippen LogP contribution in [0, 0.1) is 6.92 Å². The number of benzene rings is 2. The molecule has 0 saturated heterocycles. The molecule has 0 bridgehead atoms. The lowest BCUT2D eigenvalue weighted by molar-refractivity contribution is 0.698. The van der Waals surface area contributed by atoms with Gasteiger partial charge in [0.1, 0.15) is 0 Å². The molecule has 2 aromatic carbocycles. The van der Waals surface area contributed by atoms with Crippen LogP contribution in [0.1, 0.15) is 22.7 Å². The Morgan fingerprint density at radius 2 is 1.95 bits per heavy atom. The fraction of sp³-hybridized carbons (Fsp3) is 0.176. The van der Waals surface area contributed by atoms with Crippen molar-refractivity contribution in [1.82, 2.24) is 5.32 Å². The van der Waals surface area contributed by atoms with Crippen molar-refractivity contribution in [3.05, 3.63) is 69.6 Å². The SMILES string of the molecule is CNC(c1cc(C)cc(Cl)c1)c1csc2ccccc12. The molecule has 3 heteroatoms. The summed E-state index contributed by atoms with van der Waals surface area (Å²) in [5.41, 5.74) is 3.71. The van der Waals surface area contributed by atoms with Gasteiger partial charge in [-0.15, -0.1) is 11.3 Å². The molecule has 0 spiro atoms. The fourth-order valence-corrected chi connectivity index (χ4v) is 3.94. The Labute approximate surface area is 128 Å². The molecule has 1 N–H and O–H groups in total. The van der Waals surface area contributed by atoms with Crippen LogP contribution >= 0.6 is 22.9 Å². The lowest BCUT2D eigenvalue weighted by atomic mass is 9.97. The Hall–Kier alpha value is -1.35. The molecule has 0 aliphatic carbocycles. The predicted octanol–water partition coefficient (Wildman–Crippen LogP) is 5.17. The van der Waals surface area contributed by atoms with Gasteiger partial charge in [0.15, 0.2) is 0 Å². The highest BCUT2D eigenvalue weighted by Gasteiger charge is 2.16. The van der Waals surface area contributed by atoms with Crippen molar-refractivity contribution in [1.29, 1.82) is 0 Å². The van der Waals surface area contributed by atoms with Crippen molar-refractivity contribution in [2.75, 3.05) is 7.05 Å². The van der Waals surface area contributed by atoms with Crippen LogP contribution in [0.25, 0.3) is 10.1 Å². The normalized spacial score (nSPS) is 12.8. The van der Waals surface area contributed by atoms with Crippen LogP contribution in [0.2, 0.25) is 5.02 Å². The molecule has 20 heavy (non-hydrogen) atoms. The van der Waals surface area contributed by atoms with Gasteiger partial charge in [0.2, 0.25) is 0 Å². The summed E-state index contributed by atoms with van der Waals surface area (Å²) >= 11 is 7.99. The van der Waals surface area contributed by atoms with Crippen molar-refractivity contribution in [2.24, 2.45) is 0 Å². The van der Waals surface area contributed by atoms with E-state index in [0.717, 1.165) is 5.02 Å². The largest absolute Gasteiger partial charge is 0.309 e. The van der Waals surface area contributed by atoms with E-state index in [2.05, 4.69) is 48.0 Å². The van der Waals surface area contributed by atoms with Crippen LogP contribution in [0.5, 0.6) is 0 Å². The lowest BCUT2D eigenvalue weighted by Gasteiger charge is -2.17. The summed E-state index contributed by atoms with van der Waals surface area (Å²) in [7, 11) is 1.99. The zero-order valence-corrected chi connectivity index (χ0v) is 13.1. The van der Waals surface area contributed by atoms with Crippen LogP contribution in [0.3, 0.4) is 0 Å². The first-order chi connectivity index (χ1) is 9.69. The average molecular weight is 302 g/mol. The van der Waals surface area contributed by atoms with Crippen LogP contribution in [-0.4, -0.2) is 7.05 Å². The average Bonchev–Trinajstić information content (AvgIpc) is 2.83. The van der Waals surface area contributed by atoms with Gasteiger partial charge in [0.05, 0.1) is 6.04 Å². The third-order valence-electron chi connectivity index (χ3n) is 3.51. The second-order valence-corrected chi connectivity index (χ2v) is 6.32. The number of aryl methyl sites for hydroxylation is 1. The third-order valence-corrected chi connectivity index (χ3v) is 4.71. The van der Waals surface area contributed by atoms with Crippen LogP contribution in [0.4, 0.5) is 0 Å². The molecule has 1 aromatic heterocycles. The maximum absolute atomic E-state index is 6.21. The van der Waals surface area contributed by atoms with E-state index in [1.54, 1.807) is 11.3 Å². The fourth-order valence-electron chi connectivity index (χ4n) is 2.65. The quantitative estimate of drug-likeness (QED) is 0.703. The maximum atomic E-state index is 6.21. The first kappa shape index (κ1) is 13.6. The summed E-state index contributed by atoms with van der Waals surface area (Å²) in [5, 5.41) is 7.76. The Kier molecular flexibility index (Phi) is 3.79. The number of thiophene rings is 1. The van der Waals surface area contributed by atoms with E-state index in [-0.39, 0.29) is 6.04 Å². The van der Waals surface area contributed by atoms with Crippen molar-refractivity contribution in [3.8, 4) is 0 Å². The third kappa shape index (κ3) is 2.47. The molecule has 1 unspecified atom stereocenters. The molecule has 3 aromatic rings. The van der Waals surface area contributed by atoms with Crippen molar-refractivity contribution >= 4 is 33.0 Å². The second-order valence-electron chi connectivity index (χ2n) is 4.97. The maximum Gasteiger partial charge on any atom is 0.0589 e. The topological polar surface area (TPSA) is 12.0 Å². The number of nitrogens with one attached hydrogen (secondary N) is 1. The molecule has 1 nitrogen and oxygen atoms in total. The number of hydrogen-bond donors (Lipinski definition) is 1. The molecule has 0 aliphatic heterocycles. The van der Waals surface area contributed by atoms with Gasteiger partial charge in [-0.2, -0.15) is 0 Å². The molecule has 0 saturated carbocycles. The predicted molar refractivity (Wildman–Crippen MR) is 88.9 cm³/mol. The molecule has 102 valence electrons. The molecule has 3 rings (SSSR count). The smallest absolute Gasteiger partial charge is 0.0589 e. The summed E-state index contributed by atoms with van der Waals surface area (Å²) in [6.07, 6.45) is 0. The van der Waals surface area contributed by atoms with Crippen molar-refractivity contribution in [3.63, 3.8) is 0 Å². The van der Waals surface area contributed by atoms with Crippen LogP contribution in [0.15, 0.2) is 47.8 Å². The van der Waals surface area contributed by atoms with E-state index in [9.17, 15) is 0 Å². The van der Waals surface area contributed by atoms with Gasteiger partial charge >= 0.3 is 0 Å². The summed E-state index contributed by atoms with van der Waals surface area (Å²) in [4.78, 5) is 0. The molecule has 0 amide bonds. The first-order valence-electron chi connectivity index (χ1n) is 6.59. The minimum atomic E-state index is 0.170. The Morgan fingerprint density at radius 1 is 1.15 bits per heavy atom. The molecular formula is C17H16ClNS. The van der Waals surface area contributed by atoms with Gasteiger partial charge in [-0.05, 0) is 59.6 Å². The monoisotopic (exact) mass is 301 g/mol. The molecular weight excluding hydrogens is 286 g/mol. The van der Waals surface area contributed by atoms with Crippen LogP contribution in [-0.2, 0) is 0 Å². The van der Waals surface area contributed by atoms with E-state index in [4.69, 9.17) is 11.6 Å². The van der Waals surface area contributed by atoms with E-state index in [0.29, 0.717) is 0 Å². The number of rotatable bonds is 3. The van der Waals surface area contributed by atoms with Gasteiger partial charge in [-0.1, -0.05) is 35.9 Å². The van der Waals surface area contributed by atoms with E-state index < -0.39 is 0 Å². The minimum absolute atomic E-state index is 0.170. The zero-order valence-electron chi connectivity index (χ0n) is 11.5. The molecule has 0 fully saturated rings. The van der Waals surface area contributed by atoms with Crippen molar-refractivity contribution < 1.29 is 0 Å². The summed E-state index contributed by atoms with van der Waals surface area (Å²) < 4.78 is 1.32. The van der Waals surface area contributed by atoms with Gasteiger partial charge in [0, 0.05) is 9.72 Å². The molecule has 1 atom stereocenters. The summed E-state index contributed by atoms with van der Waals surface area (Å²) in [6, 6.07) is 14.9. The van der Waals surface area contributed by atoms with E-state index >= 15 is 0 Å². The summed E-state index contributed by atoms with van der Waals surface area (Å²) in [5.74, 6) is 0. The highest BCUT2D eigenvalue weighted by atomic mass is 35.5. The van der Waals surface area contributed by atoms with Gasteiger partial charge in [-0.3, -0.25) is 0 Å². The molecule has 0 aliphatic rings. The van der Waals surface area contributed by atoms with Crippen molar-refractivity contribution in [2.45, 2.75) is 13.0 Å². The highest BCUT2D eigenvalue weighted by Crippen LogP contribution is 2.34. The minimum Gasteiger partial charge on any atom is -0.309 e. The highest BCUT2D eigenvalue weighted by molar-refractivity contribution is 7.17. The first-order valence-corrected chi connectivity index (χ1v) is 7.85. The second kappa shape index (κ2) is 5.57. The number of halogens is 1. The van der Waals surface area contributed by atoms with E-state index in [1.807, 2.05) is 19.2 Å². The zero-order chi connectivity index (χ0) is 14.1. The van der Waals surface area contributed by atoms with E-state index in [1.165, 1.54) is 26.8 Å². The Morgan fingerprint density at radius 3 is 2.70 bits per heavy atom. The van der Waals surface area contributed by atoms with Gasteiger partial charge in [-0.25, -0.2) is 0 Å². The lowest BCUT2D eigenvalue weighted by Crippen LogP contribution is -2.17. The summed E-state index contributed by atoms with van der Waals surface area (Å²) in [6.45, 7) is 2.08. The molecule has 0 radical (unpaired) electrons. The van der Waals surface area contributed by atoms with Gasteiger partial charge < -0.3 is 5.32 Å². The standard InChI is InChI=1S/C17H16ClNS/c1-11-7-12(9-13(18)8-11)17(19-2)15-10-20-16-6-4-3-5-14(15)16/h3-10,17,19H,1-2H3. The molecule has 1 heterocycles.